The Balaban J connectivity index is 1.57. The van der Waals surface area contributed by atoms with Crippen molar-refractivity contribution in [1.82, 2.24) is 10.4 Å². The Hall–Kier alpha value is -4.33. The van der Waals surface area contributed by atoms with Crippen LogP contribution >= 0.6 is 0 Å². The largest absolute Gasteiger partial charge is 0.493 e. The van der Waals surface area contributed by atoms with Gasteiger partial charge in [0.1, 0.15) is 17.5 Å². The summed E-state index contributed by atoms with van der Waals surface area (Å²) in [7, 11) is 0. The summed E-state index contributed by atoms with van der Waals surface area (Å²) in [6.07, 6.45) is -0.779. The van der Waals surface area contributed by atoms with Gasteiger partial charge in [-0.05, 0) is 36.8 Å². The van der Waals surface area contributed by atoms with Crippen molar-refractivity contribution in [3.05, 3.63) is 90.0 Å². The number of β-lactam (4-membered cyclic amide) rings is 1. The molecule has 1 heterocycles. The number of hydrogen-bond donors (Lipinski definition) is 2. The zero-order chi connectivity index (χ0) is 24.1. The summed E-state index contributed by atoms with van der Waals surface area (Å²) in [6, 6.07) is 22.7. The van der Waals surface area contributed by atoms with E-state index in [0.29, 0.717) is 23.8 Å². The van der Waals surface area contributed by atoms with E-state index in [2.05, 4.69) is 10.7 Å². The van der Waals surface area contributed by atoms with Crippen molar-refractivity contribution in [2.24, 2.45) is 0 Å². The highest BCUT2D eigenvalue weighted by Crippen LogP contribution is 2.36. The standard InChI is InChI=1S/C26H25N3O5/c1-3-33-22-16-19(27-17(2)30)14-15-21(22)25(31)28-29-23(18-10-6-4-7-11-18)24(26(29)32)34-20-12-8-5-9-13-20/h4-16,23-24H,3H2,1-2H3,(H,27,30)(H,28,31). The van der Waals surface area contributed by atoms with Gasteiger partial charge in [0.15, 0.2) is 0 Å². The summed E-state index contributed by atoms with van der Waals surface area (Å²) in [5, 5.41) is 3.95. The molecule has 0 spiro atoms. The number of nitrogens with one attached hydrogen (secondary N) is 2. The molecule has 1 fully saturated rings. The Kier molecular flexibility index (Phi) is 6.77. The summed E-state index contributed by atoms with van der Waals surface area (Å²) in [5.41, 5.74) is 4.28. The van der Waals surface area contributed by atoms with Gasteiger partial charge in [0.25, 0.3) is 11.8 Å². The maximum Gasteiger partial charge on any atom is 0.285 e. The lowest BCUT2D eigenvalue weighted by molar-refractivity contribution is -0.169. The lowest BCUT2D eigenvalue weighted by Gasteiger charge is -2.46. The minimum atomic E-state index is -0.779. The fourth-order valence-corrected chi connectivity index (χ4v) is 3.76. The van der Waals surface area contributed by atoms with E-state index >= 15 is 0 Å². The second kappa shape index (κ2) is 10.1. The van der Waals surface area contributed by atoms with Crippen molar-refractivity contribution in [1.29, 1.82) is 0 Å². The predicted octanol–water partition coefficient (Wildman–Crippen LogP) is 3.72. The molecule has 1 aliphatic heterocycles. The molecule has 3 amide bonds. The van der Waals surface area contributed by atoms with E-state index in [1.807, 2.05) is 48.5 Å². The molecule has 0 aliphatic carbocycles. The number of nitrogens with zero attached hydrogens (tertiary/aromatic N) is 1. The van der Waals surface area contributed by atoms with Gasteiger partial charge in [-0.25, -0.2) is 5.01 Å². The second-order valence-corrected chi connectivity index (χ2v) is 7.68. The van der Waals surface area contributed by atoms with Crippen LogP contribution in [0.3, 0.4) is 0 Å². The number of hydrogen-bond acceptors (Lipinski definition) is 5. The minimum absolute atomic E-state index is 0.235. The van der Waals surface area contributed by atoms with Crippen molar-refractivity contribution < 1.29 is 23.9 Å². The molecule has 3 aromatic carbocycles. The van der Waals surface area contributed by atoms with Crippen LogP contribution in [0.4, 0.5) is 5.69 Å². The first-order valence-electron chi connectivity index (χ1n) is 10.9. The number of hydrazine groups is 1. The van der Waals surface area contributed by atoms with Crippen LogP contribution in [0, 0.1) is 0 Å². The minimum Gasteiger partial charge on any atom is -0.493 e. The van der Waals surface area contributed by atoms with Crippen LogP contribution in [0.1, 0.15) is 35.8 Å². The Bertz CT molecular complexity index is 1180. The van der Waals surface area contributed by atoms with E-state index in [-0.39, 0.29) is 17.4 Å². The van der Waals surface area contributed by atoms with E-state index in [0.717, 1.165) is 5.56 Å². The molecule has 0 radical (unpaired) electrons. The van der Waals surface area contributed by atoms with Crippen LogP contribution < -0.4 is 20.2 Å². The average molecular weight is 460 g/mol. The Morgan fingerprint density at radius 3 is 2.29 bits per heavy atom. The Morgan fingerprint density at radius 2 is 1.65 bits per heavy atom. The maximum atomic E-state index is 13.2. The number of benzene rings is 3. The van der Waals surface area contributed by atoms with E-state index in [1.54, 1.807) is 37.3 Å². The molecule has 0 bridgehead atoms. The smallest absolute Gasteiger partial charge is 0.285 e. The molecule has 3 aromatic rings. The maximum absolute atomic E-state index is 13.2. The normalized spacial score (nSPS) is 16.9. The monoisotopic (exact) mass is 459 g/mol. The molecule has 0 saturated carbocycles. The highest BCUT2D eigenvalue weighted by molar-refractivity contribution is 6.00. The fourth-order valence-electron chi connectivity index (χ4n) is 3.76. The molecule has 0 aromatic heterocycles. The second-order valence-electron chi connectivity index (χ2n) is 7.68. The summed E-state index contributed by atoms with van der Waals surface area (Å²) in [5.74, 6) is -0.238. The van der Waals surface area contributed by atoms with Crippen LogP contribution in [0.25, 0.3) is 0 Å². The van der Waals surface area contributed by atoms with Gasteiger partial charge in [0.2, 0.25) is 12.0 Å². The topological polar surface area (TPSA) is 97.0 Å². The number of carbonyl (C=O) groups excluding carboxylic acids is 3. The third kappa shape index (κ3) is 4.85. The van der Waals surface area contributed by atoms with Gasteiger partial charge < -0.3 is 14.8 Å². The van der Waals surface area contributed by atoms with Gasteiger partial charge in [0.05, 0.1) is 12.2 Å². The van der Waals surface area contributed by atoms with Crippen molar-refractivity contribution >= 4 is 23.4 Å². The van der Waals surface area contributed by atoms with E-state index in [9.17, 15) is 14.4 Å². The number of para-hydroxylation sites is 1. The average Bonchev–Trinajstić information content (AvgIpc) is 2.84. The molecular formula is C26H25N3O5. The van der Waals surface area contributed by atoms with Crippen LogP contribution in [0.15, 0.2) is 78.9 Å². The van der Waals surface area contributed by atoms with Gasteiger partial charge >= 0.3 is 0 Å². The first-order valence-corrected chi connectivity index (χ1v) is 10.9. The quantitative estimate of drug-likeness (QED) is 0.501. The summed E-state index contributed by atoms with van der Waals surface area (Å²) < 4.78 is 11.6. The molecule has 8 nitrogen and oxygen atoms in total. The molecule has 1 saturated heterocycles. The lowest BCUT2D eigenvalue weighted by atomic mass is 9.92. The molecule has 174 valence electrons. The number of anilines is 1. The first-order chi connectivity index (χ1) is 16.5. The van der Waals surface area contributed by atoms with E-state index in [1.165, 1.54) is 11.9 Å². The number of carbonyl (C=O) groups is 3. The Labute approximate surface area is 197 Å². The van der Waals surface area contributed by atoms with Crippen molar-refractivity contribution in [3.8, 4) is 11.5 Å². The van der Waals surface area contributed by atoms with Gasteiger partial charge in [-0.3, -0.25) is 19.8 Å². The molecule has 1 aliphatic rings. The molecule has 34 heavy (non-hydrogen) atoms. The summed E-state index contributed by atoms with van der Waals surface area (Å²) in [4.78, 5) is 37.5. The van der Waals surface area contributed by atoms with Gasteiger partial charge in [0, 0.05) is 18.7 Å². The van der Waals surface area contributed by atoms with Crippen LogP contribution in [0.2, 0.25) is 0 Å². The summed E-state index contributed by atoms with van der Waals surface area (Å²) >= 11 is 0. The highest BCUT2D eigenvalue weighted by Gasteiger charge is 2.51. The van der Waals surface area contributed by atoms with Crippen molar-refractivity contribution in [2.75, 3.05) is 11.9 Å². The third-order valence-corrected chi connectivity index (χ3v) is 5.26. The van der Waals surface area contributed by atoms with Crippen LogP contribution in [-0.4, -0.2) is 35.4 Å². The number of amides is 3. The van der Waals surface area contributed by atoms with E-state index in [4.69, 9.17) is 9.47 Å². The fraction of sp³-hybridized carbons (Fsp3) is 0.192. The molecule has 2 unspecified atom stereocenters. The Morgan fingerprint density at radius 1 is 0.971 bits per heavy atom. The van der Waals surface area contributed by atoms with Gasteiger partial charge in [-0.2, -0.15) is 0 Å². The zero-order valence-corrected chi connectivity index (χ0v) is 18.9. The van der Waals surface area contributed by atoms with Crippen molar-refractivity contribution in [3.63, 3.8) is 0 Å². The number of rotatable bonds is 8. The third-order valence-electron chi connectivity index (χ3n) is 5.26. The molecule has 2 N–H and O–H groups in total. The van der Waals surface area contributed by atoms with Crippen molar-refractivity contribution in [2.45, 2.75) is 26.0 Å². The molecule has 8 heteroatoms. The van der Waals surface area contributed by atoms with E-state index < -0.39 is 18.1 Å². The highest BCUT2D eigenvalue weighted by atomic mass is 16.5. The SMILES string of the molecule is CCOc1cc(NC(C)=O)ccc1C(=O)NN1C(=O)C(Oc2ccccc2)C1c1ccccc1. The molecule has 2 atom stereocenters. The van der Waals surface area contributed by atoms with Gasteiger partial charge in [-0.15, -0.1) is 0 Å². The first kappa shape index (κ1) is 22.8. The van der Waals surface area contributed by atoms with Crippen LogP contribution in [-0.2, 0) is 9.59 Å². The zero-order valence-electron chi connectivity index (χ0n) is 18.9. The molecular weight excluding hydrogens is 434 g/mol. The predicted molar refractivity (Wildman–Crippen MR) is 126 cm³/mol. The van der Waals surface area contributed by atoms with Crippen LogP contribution in [0.5, 0.6) is 11.5 Å². The summed E-state index contributed by atoms with van der Waals surface area (Å²) in [6.45, 7) is 3.52. The lowest BCUT2D eigenvalue weighted by Crippen LogP contribution is -2.67. The number of ether oxygens (including phenoxy) is 2. The molecule has 4 rings (SSSR count). The van der Waals surface area contributed by atoms with Gasteiger partial charge in [-0.1, -0.05) is 48.5 Å².